The monoisotopic (exact) mass is 517 g/mol. The number of nitrogens with zero attached hydrogens (tertiary/aromatic N) is 4. The molecular formula is C26H20ClN5O3S. The van der Waals surface area contributed by atoms with Crippen LogP contribution in [0.15, 0.2) is 76.6 Å². The minimum Gasteiger partial charge on any atom is -0.493 e. The van der Waals surface area contributed by atoms with Crippen LogP contribution in [0, 0.1) is 12.3 Å². The number of thioether (sulfide) groups is 1. The molecule has 3 aromatic rings. The topological polar surface area (TPSA) is 100 Å². The van der Waals surface area contributed by atoms with Gasteiger partial charge in [-0.1, -0.05) is 35.9 Å². The molecule has 10 heteroatoms. The lowest BCUT2D eigenvalue weighted by Crippen LogP contribution is -2.35. The molecule has 0 atom stereocenters. The van der Waals surface area contributed by atoms with Crippen molar-refractivity contribution in [2.75, 3.05) is 7.11 Å². The molecule has 180 valence electrons. The molecule has 5 rings (SSSR count). The van der Waals surface area contributed by atoms with E-state index in [9.17, 15) is 4.79 Å². The number of carbonyl (C=O) groups is 1. The third-order valence-corrected chi connectivity index (χ3v) is 6.80. The number of amides is 1. The Kier molecular flexibility index (Phi) is 6.58. The van der Waals surface area contributed by atoms with Gasteiger partial charge in [0.1, 0.15) is 11.7 Å². The van der Waals surface area contributed by atoms with Crippen molar-refractivity contribution >= 4 is 51.4 Å². The lowest BCUT2D eigenvalue weighted by Gasteiger charge is -2.20. The van der Waals surface area contributed by atoms with Crippen LogP contribution in [-0.4, -0.2) is 39.1 Å². The summed E-state index contributed by atoms with van der Waals surface area (Å²) in [4.78, 5) is 21.0. The molecule has 1 N–H and O–H groups in total. The second kappa shape index (κ2) is 9.96. The molecule has 0 aliphatic carbocycles. The number of halogens is 1. The molecule has 2 aliphatic heterocycles. The van der Waals surface area contributed by atoms with Crippen LogP contribution in [0.5, 0.6) is 11.5 Å². The summed E-state index contributed by atoms with van der Waals surface area (Å²) in [6, 6.07) is 14.9. The van der Waals surface area contributed by atoms with Gasteiger partial charge in [-0.2, -0.15) is 15.1 Å². The molecule has 36 heavy (non-hydrogen) atoms. The van der Waals surface area contributed by atoms with Gasteiger partial charge >= 0.3 is 0 Å². The fourth-order valence-electron chi connectivity index (χ4n) is 3.65. The molecule has 2 aromatic carbocycles. The van der Waals surface area contributed by atoms with E-state index in [1.807, 2.05) is 37.3 Å². The van der Waals surface area contributed by atoms with Gasteiger partial charge in [-0.15, -0.1) is 0 Å². The van der Waals surface area contributed by atoms with Crippen molar-refractivity contribution < 1.29 is 14.3 Å². The van der Waals surface area contributed by atoms with Crippen LogP contribution in [0.1, 0.15) is 22.3 Å². The molecule has 3 heterocycles. The maximum absolute atomic E-state index is 12.8. The Morgan fingerprint density at radius 1 is 1.19 bits per heavy atom. The molecule has 8 nitrogen and oxygen atoms in total. The van der Waals surface area contributed by atoms with Crippen LogP contribution in [-0.2, 0) is 11.4 Å². The SMILES string of the molecule is COc1cc(/C=C2/C(=N)N3N=C(c4cccnc4)SC3=NC2=O)cc(Cl)c1OCc1ccccc1C. The van der Waals surface area contributed by atoms with Gasteiger partial charge in [-0.05, 0) is 65.7 Å². The Hall–Kier alpha value is -3.95. The maximum Gasteiger partial charge on any atom is 0.283 e. The van der Waals surface area contributed by atoms with Crippen molar-refractivity contribution in [3.05, 3.63) is 93.8 Å². The highest BCUT2D eigenvalue weighted by molar-refractivity contribution is 8.27. The lowest BCUT2D eigenvalue weighted by atomic mass is 10.1. The van der Waals surface area contributed by atoms with Crippen molar-refractivity contribution in [2.45, 2.75) is 13.5 Å². The van der Waals surface area contributed by atoms with Gasteiger partial charge in [0.15, 0.2) is 17.3 Å². The first-order valence-electron chi connectivity index (χ1n) is 10.9. The minimum absolute atomic E-state index is 0.0774. The van der Waals surface area contributed by atoms with E-state index in [2.05, 4.69) is 15.1 Å². The van der Waals surface area contributed by atoms with Gasteiger partial charge in [0.05, 0.1) is 17.7 Å². The lowest BCUT2D eigenvalue weighted by molar-refractivity contribution is -0.114. The van der Waals surface area contributed by atoms with Gasteiger partial charge in [0.2, 0.25) is 5.17 Å². The highest BCUT2D eigenvalue weighted by Gasteiger charge is 2.36. The second-order valence-corrected chi connectivity index (χ2v) is 9.28. The first kappa shape index (κ1) is 23.8. The van der Waals surface area contributed by atoms with Crippen molar-refractivity contribution in [3.8, 4) is 11.5 Å². The van der Waals surface area contributed by atoms with E-state index in [0.717, 1.165) is 16.7 Å². The van der Waals surface area contributed by atoms with Gasteiger partial charge in [-0.3, -0.25) is 15.2 Å². The number of carbonyl (C=O) groups excluding carboxylic acids is 1. The summed E-state index contributed by atoms with van der Waals surface area (Å²) in [5, 5.41) is 15.7. The number of amidine groups is 2. The molecule has 2 aliphatic rings. The second-order valence-electron chi connectivity index (χ2n) is 7.92. The standard InChI is InChI=1S/C26H20ClN5O3S/c1-15-6-3-4-7-18(15)14-35-22-20(27)11-16(12-21(22)34-2)10-19-23(28)32-26(30-24(19)33)36-25(31-32)17-8-5-9-29-13-17/h3-13,28H,14H2,1-2H3/b19-10-,28-23?. The summed E-state index contributed by atoms with van der Waals surface area (Å²) in [5.41, 5.74) is 3.57. The van der Waals surface area contributed by atoms with Gasteiger partial charge < -0.3 is 9.47 Å². The Morgan fingerprint density at radius 2 is 2.03 bits per heavy atom. The Morgan fingerprint density at radius 3 is 2.78 bits per heavy atom. The number of aliphatic imine (C=N–C) groups is 1. The number of methoxy groups -OCH3 is 1. The van der Waals surface area contributed by atoms with Crippen molar-refractivity contribution in [3.63, 3.8) is 0 Å². The number of aromatic nitrogens is 1. The molecule has 0 saturated heterocycles. The van der Waals surface area contributed by atoms with Crippen molar-refractivity contribution in [2.24, 2.45) is 10.1 Å². The summed E-state index contributed by atoms with van der Waals surface area (Å²) in [6.07, 6.45) is 4.89. The summed E-state index contributed by atoms with van der Waals surface area (Å²) in [5.74, 6) is 0.204. The Labute approximate surface area is 216 Å². The van der Waals surface area contributed by atoms with Crippen LogP contribution in [0.3, 0.4) is 0 Å². The van der Waals surface area contributed by atoms with E-state index in [1.54, 1.807) is 36.7 Å². The summed E-state index contributed by atoms with van der Waals surface area (Å²) >= 11 is 7.76. The Bertz CT molecular complexity index is 1470. The number of hydrogen-bond acceptors (Lipinski definition) is 7. The van der Waals surface area contributed by atoms with Crippen molar-refractivity contribution in [1.82, 2.24) is 9.99 Å². The normalized spacial score (nSPS) is 16.1. The first-order chi connectivity index (χ1) is 17.4. The first-order valence-corrected chi connectivity index (χ1v) is 12.1. The van der Waals surface area contributed by atoms with E-state index in [0.29, 0.717) is 38.9 Å². The van der Waals surface area contributed by atoms with E-state index in [1.165, 1.54) is 23.9 Å². The average molecular weight is 518 g/mol. The fourth-order valence-corrected chi connectivity index (χ4v) is 4.80. The van der Waals surface area contributed by atoms with Gasteiger partial charge in [0, 0.05) is 18.0 Å². The molecule has 0 unspecified atom stereocenters. The van der Waals surface area contributed by atoms with E-state index in [4.69, 9.17) is 26.5 Å². The van der Waals surface area contributed by atoms with Crippen molar-refractivity contribution in [1.29, 1.82) is 5.41 Å². The molecule has 1 aromatic heterocycles. The highest BCUT2D eigenvalue weighted by atomic mass is 35.5. The smallest absolute Gasteiger partial charge is 0.283 e. The molecule has 0 bridgehead atoms. The summed E-state index contributed by atoms with van der Waals surface area (Å²) < 4.78 is 11.5. The molecule has 0 saturated carbocycles. The van der Waals surface area contributed by atoms with Crippen LogP contribution >= 0.6 is 23.4 Å². The fraction of sp³-hybridized carbons (Fsp3) is 0.115. The highest BCUT2D eigenvalue weighted by Crippen LogP contribution is 2.38. The van der Waals surface area contributed by atoms with Crippen LogP contribution < -0.4 is 9.47 Å². The predicted octanol–water partition coefficient (Wildman–Crippen LogP) is 5.30. The average Bonchev–Trinajstić information content (AvgIpc) is 3.31. The summed E-state index contributed by atoms with van der Waals surface area (Å²) in [7, 11) is 1.52. The molecule has 0 fully saturated rings. The number of fused-ring (bicyclic) bond motifs is 1. The van der Waals surface area contributed by atoms with Gasteiger partial charge in [-0.25, -0.2) is 0 Å². The van der Waals surface area contributed by atoms with Crippen LogP contribution in [0.25, 0.3) is 6.08 Å². The molecule has 1 amide bonds. The third-order valence-electron chi connectivity index (χ3n) is 5.56. The van der Waals surface area contributed by atoms with E-state index < -0.39 is 5.91 Å². The maximum atomic E-state index is 12.8. The number of ether oxygens (including phenoxy) is 2. The number of rotatable bonds is 6. The van der Waals surface area contributed by atoms with E-state index >= 15 is 0 Å². The van der Waals surface area contributed by atoms with Crippen LogP contribution in [0.4, 0.5) is 0 Å². The number of hydrogen-bond donors (Lipinski definition) is 1. The number of pyridine rings is 1. The van der Waals surface area contributed by atoms with Crippen LogP contribution in [0.2, 0.25) is 5.02 Å². The summed E-state index contributed by atoms with van der Waals surface area (Å²) in [6.45, 7) is 2.34. The number of hydrazone groups is 1. The molecular weight excluding hydrogens is 498 g/mol. The number of benzene rings is 2. The zero-order valence-electron chi connectivity index (χ0n) is 19.4. The number of aryl methyl sites for hydroxylation is 1. The Balaban J connectivity index is 1.42. The molecule has 0 radical (unpaired) electrons. The third kappa shape index (κ3) is 4.62. The zero-order valence-corrected chi connectivity index (χ0v) is 20.9. The zero-order chi connectivity index (χ0) is 25.2. The quantitative estimate of drug-likeness (QED) is 0.445. The predicted molar refractivity (Wildman–Crippen MR) is 142 cm³/mol. The van der Waals surface area contributed by atoms with Gasteiger partial charge in [0.25, 0.3) is 5.91 Å². The largest absolute Gasteiger partial charge is 0.493 e. The minimum atomic E-state index is -0.531. The van der Waals surface area contributed by atoms with E-state index in [-0.39, 0.29) is 11.4 Å². The number of nitrogens with one attached hydrogen (secondary N) is 1. The molecule has 0 spiro atoms.